The molecular weight excluding hydrogens is 314 g/mol. The summed E-state index contributed by atoms with van der Waals surface area (Å²) in [6.07, 6.45) is 0.693. The fraction of sp³-hybridized carbons (Fsp3) is 0.375. The van der Waals surface area contributed by atoms with Gasteiger partial charge in [0.1, 0.15) is 12.3 Å². The normalized spacial score (nSPS) is 10.4. The van der Waals surface area contributed by atoms with E-state index in [4.69, 9.17) is 15.2 Å². The second-order valence-corrected chi connectivity index (χ2v) is 5.83. The minimum absolute atomic E-state index is 0.117. The third-order valence-corrected chi connectivity index (χ3v) is 4.14. The second-order valence-electron chi connectivity index (χ2n) is 4.89. The number of rotatable bonds is 8. The van der Waals surface area contributed by atoms with Crippen LogP contribution in [0.4, 0.5) is 0 Å². The number of ether oxygens (including phenoxy) is 2. The van der Waals surface area contributed by atoms with Crippen molar-refractivity contribution in [3.8, 4) is 11.5 Å². The van der Waals surface area contributed by atoms with Gasteiger partial charge in [-0.25, -0.2) is 4.98 Å². The topological polar surface area (TPSA) is 77.7 Å². The highest BCUT2D eigenvalue weighted by Crippen LogP contribution is 2.25. The van der Waals surface area contributed by atoms with Gasteiger partial charge >= 0.3 is 0 Å². The molecule has 1 amide bonds. The summed E-state index contributed by atoms with van der Waals surface area (Å²) in [4.78, 5) is 18.2. The molecule has 0 aliphatic rings. The van der Waals surface area contributed by atoms with E-state index in [9.17, 15) is 4.79 Å². The smallest absolute Gasteiger partial charge is 0.273 e. The van der Waals surface area contributed by atoms with Crippen molar-refractivity contribution >= 4 is 17.2 Å². The maximum Gasteiger partial charge on any atom is 0.273 e. The van der Waals surface area contributed by atoms with E-state index in [1.807, 2.05) is 24.3 Å². The number of nitrogens with zero attached hydrogens (tertiary/aromatic N) is 2. The van der Waals surface area contributed by atoms with Gasteiger partial charge in [0.15, 0.2) is 11.5 Å². The Morgan fingerprint density at radius 2 is 2.09 bits per heavy atom. The summed E-state index contributed by atoms with van der Waals surface area (Å²) in [6, 6.07) is 7.42. The number of aromatic nitrogens is 1. The van der Waals surface area contributed by atoms with Crippen molar-refractivity contribution in [1.29, 1.82) is 0 Å². The number of hydrogen-bond donors (Lipinski definition) is 1. The van der Waals surface area contributed by atoms with Crippen LogP contribution in [0.5, 0.6) is 11.5 Å². The van der Waals surface area contributed by atoms with Crippen LogP contribution in [0.2, 0.25) is 0 Å². The van der Waals surface area contributed by atoms with Crippen LogP contribution in [-0.4, -0.2) is 49.6 Å². The summed E-state index contributed by atoms with van der Waals surface area (Å²) < 4.78 is 10.9. The van der Waals surface area contributed by atoms with Gasteiger partial charge in [-0.2, -0.15) is 0 Å². The van der Waals surface area contributed by atoms with Crippen molar-refractivity contribution in [2.24, 2.45) is 5.73 Å². The van der Waals surface area contributed by atoms with Crippen LogP contribution in [0.1, 0.15) is 15.5 Å². The lowest BCUT2D eigenvalue weighted by atomic mass is 10.3. The van der Waals surface area contributed by atoms with Crippen LogP contribution in [0.3, 0.4) is 0 Å². The van der Waals surface area contributed by atoms with Gasteiger partial charge in [0.05, 0.1) is 18.7 Å². The van der Waals surface area contributed by atoms with Gasteiger partial charge in [0.25, 0.3) is 5.91 Å². The standard InChI is InChI=1S/C16H21N3O3S/c1-19(16(20)12-11-23-15(18-12)7-8-17)9-10-22-14-6-4-3-5-13(14)21-2/h3-6,11H,7-10,17H2,1-2H3. The number of methoxy groups -OCH3 is 1. The molecule has 124 valence electrons. The minimum Gasteiger partial charge on any atom is -0.493 e. The zero-order valence-corrected chi connectivity index (χ0v) is 14.1. The van der Waals surface area contributed by atoms with E-state index in [2.05, 4.69) is 4.98 Å². The fourth-order valence-electron chi connectivity index (χ4n) is 1.98. The average Bonchev–Trinajstić information content (AvgIpc) is 3.03. The lowest BCUT2D eigenvalue weighted by Gasteiger charge is -2.17. The van der Waals surface area contributed by atoms with Gasteiger partial charge < -0.3 is 20.1 Å². The number of carbonyl (C=O) groups excluding carboxylic acids is 1. The maximum absolute atomic E-state index is 12.3. The van der Waals surface area contributed by atoms with Crippen LogP contribution in [0.25, 0.3) is 0 Å². The van der Waals surface area contributed by atoms with Crippen molar-refractivity contribution < 1.29 is 14.3 Å². The summed E-state index contributed by atoms with van der Waals surface area (Å²) in [5, 5.41) is 2.65. The summed E-state index contributed by atoms with van der Waals surface area (Å²) in [5.41, 5.74) is 5.95. The van der Waals surface area contributed by atoms with Gasteiger partial charge in [0.2, 0.25) is 0 Å². The number of carbonyl (C=O) groups is 1. The Bertz CT molecular complexity index is 645. The summed E-state index contributed by atoms with van der Waals surface area (Å²) in [6.45, 7) is 1.37. The van der Waals surface area contributed by atoms with E-state index in [-0.39, 0.29) is 5.91 Å². The molecule has 2 rings (SSSR count). The Kier molecular flexibility index (Phi) is 6.37. The number of nitrogens with two attached hydrogens (primary N) is 1. The zero-order chi connectivity index (χ0) is 16.7. The molecule has 1 aromatic heterocycles. The predicted molar refractivity (Wildman–Crippen MR) is 90.3 cm³/mol. The number of thiazole rings is 1. The second kappa shape index (κ2) is 8.50. The van der Waals surface area contributed by atoms with Crippen LogP contribution < -0.4 is 15.2 Å². The number of likely N-dealkylation sites (N-methyl/N-ethyl adjacent to an activating group) is 1. The third-order valence-electron chi connectivity index (χ3n) is 3.23. The number of benzene rings is 1. The molecule has 2 N–H and O–H groups in total. The van der Waals surface area contributed by atoms with E-state index in [0.29, 0.717) is 43.3 Å². The molecule has 0 radical (unpaired) electrons. The molecule has 23 heavy (non-hydrogen) atoms. The predicted octanol–water partition coefficient (Wildman–Crippen LogP) is 1.80. The van der Waals surface area contributed by atoms with E-state index in [1.54, 1.807) is 24.4 Å². The van der Waals surface area contributed by atoms with Gasteiger partial charge in [-0.15, -0.1) is 11.3 Å². The molecule has 7 heteroatoms. The summed E-state index contributed by atoms with van der Waals surface area (Å²) >= 11 is 1.46. The molecule has 0 saturated carbocycles. The molecule has 2 aromatic rings. The molecule has 6 nitrogen and oxygen atoms in total. The van der Waals surface area contributed by atoms with E-state index in [0.717, 1.165) is 5.01 Å². The van der Waals surface area contributed by atoms with E-state index in [1.165, 1.54) is 11.3 Å². The Morgan fingerprint density at radius 1 is 1.35 bits per heavy atom. The number of hydrogen-bond acceptors (Lipinski definition) is 6. The lowest BCUT2D eigenvalue weighted by molar-refractivity contribution is 0.0768. The van der Waals surface area contributed by atoms with Crippen molar-refractivity contribution in [3.63, 3.8) is 0 Å². The largest absolute Gasteiger partial charge is 0.493 e. The Labute approximate surface area is 139 Å². The first-order chi connectivity index (χ1) is 11.2. The van der Waals surface area contributed by atoms with Crippen molar-refractivity contribution in [2.75, 3.05) is 33.9 Å². The molecular formula is C16H21N3O3S. The molecule has 1 aromatic carbocycles. The quantitative estimate of drug-likeness (QED) is 0.796. The molecule has 0 unspecified atom stereocenters. The van der Waals surface area contributed by atoms with Gasteiger partial charge in [-0.05, 0) is 18.7 Å². The SMILES string of the molecule is COc1ccccc1OCCN(C)C(=O)c1csc(CCN)n1. The van der Waals surface area contributed by atoms with Gasteiger partial charge in [0, 0.05) is 18.8 Å². The molecule has 0 bridgehead atoms. The molecule has 0 aliphatic heterocycles. The van der Waals surface area contributed by atoms with Gasteiger partial charge in [-0.3, -0.25) is 4.79 Å². The maximum atomic E-state index is 12.3. The molecule has 1 heterocycles. The molecule has 0 saturated heterocycles. The lowest BCUT2D eigenvalue weighted by Crippen LogP contribution is -2.31. The van der Waals surface area contributed by atoms with Crippen LogP contribution in [0, 0.1) is 0 Å². The minimum atomic E-state index is -0.117. The van der Waals surface area contributed by atoms with Crippen LogP contribution in [0.15, 0.2) is 29.6 Å². The highest BCUT2D eigenvalue weighted by atomic mass is 32.1. The molecule has 0 spiro atoms. The highest BCUT2D eigenvalue weighted by molar-refractivity contribution is 7.09. The van der Waals surface area contributed by atoms with Crippen molar-refractivity contribution in [2.45, 2.75) is 6.42 Å². The average molecular weight is 335 g/mol. The first kappa shape index (κ1) is 17.2. The number of amides is 1. The first-order valence-electron chi connectivity index (χ1n) is 7.31. The zero-order valence-electron chi connectivity index (χ0n) is 13.3. The van der Waals surface area contributed by atoms with Crippen molar-refractivity contribution in [1.82, 2.24) is 9.88 Å². The summed E-state index contributed by atoms with van der Waals surface area (Å²) in [5.74, 6) is 1.22. The Balaban J connectivity index is 1.86. The molecule has 0 atom stereocenters. The fourth-order valence-corrected chi connectivity index (χ4v) is 2.76. The van der Waals surface area contributed by atoms with E-state index >= 15 is 0 Å². The molecule has 0 fully saturated rings. The highest BCUT2D eigenvalue weighted by Gasteiger charge is 2.15. The Hall–Kier alpha value is -2.12. The van der Waals surface area contributed by atoms with E-state index < -0.39 is 0 Å². The van der Waals surface area contributed by atoms with Gasteiger partial charge in [-0.1, -0.05) is 12.1 Å². The summed E-state index contributed by atoms with van der Waals surface area (Å²) in [7, 11) is 3.33. The monoisotopic (exact) mass is 335 g/mol. The van der Waals surface area contributed by atoms with Crippen molar-refractivity contribution in [3.05, 3.63) is 40.3 Å². The molecule has 0 aliphatic carbocycles. The third kappa shape index (κ3) is 4.67. The van der Waals surface area contributed by atoms with Crippen LogP contribution >= 0.6 is 11.3 Å². The number of para-hydroxylation sites is 2. The van der Waals surface area contributed by atoms with Crippen LogP contribution in [-0.2, 0) is 6.42 Å². The Morgan fingerprint density at radius 3 is 2.78 bits per heavy atom. The first-order valence-corrected chi connectivity index (χ1v) is 8.19.